The van der Waals surface area contributed by atoms with Gasteiger partial charge in [-0.15, -0.1) is 0 Å². The predicted molar refractivity (Wildman–Crippen MR) is 45.9 cm³/mol. The van der Waals surface area contributed by atoms with Crippen LogP contribution in [0.1, 0.15) is 32.1 Å². The molecule has 0 aromatic heterocycles. The van der Waals surface area contributed by atoms with E-state index < -0.39 is 0 Å². The normalized spacial score (nSPS) is 51.2. The Morgan fingerprint density at radius 2 is 2.25 bits per heavy atom. The minimum atomic E-state index is 0.519. The third kappa shape index (κ3) is 0.817. The van der Waals surface area contributed by atoms with Crippen molar-refractivity contribution in [1.82, 2.24) is 4.90 Å². The monoisotopic (exact) mass is 165 g/mol. The van der Waals surface area contributed by atoms with Crippen LogP contribution < -0.4 is 0 Å². The first-order valence-electron chi connectivity index (χ1n) is 5.12. The van der Waals surface area contributed by atoms with Crippen LogP contribution in [0.3, 0.4) is 0 Å². The zero-order valence-electron chi connectivity index (χ0n) is 7.33. The van der Waals surface area contributed by atoms with Crippen LogP contribution in [0.15, 0.2) is 0 Å². The minimum Gasteiger partial charge on any atom is -0.300 e. The van der Waals surface area contributed by atoms with Crippen LogP contribution in [0.5, 0.6) is 0 Å². The molecule has 0 N–H and O–H groups in total. The number of carbonyl (C=O) groups excluding carboxylic acids is 1. The van der Waals surface area contributed by atoms with Gasteiger partial charge >= 0.3 is 0 Å². The average Bonchev–Trinajstić information content (AvgIpc) is 2.26. The molecular formula is C10H15NO. The first-order chi connectivity index (χ1) is 5.84. The molecule has 0 amide bonds. The van der Waals surface area contributed by atoms with Crippen LogP contribution in [0.4, 0.5) is 0 Å². The van der Waals surface area contributed by atoms with Crippen LogP contribution in [0.2, 0.25) is 0 Å². The van der Waals surface area contributed by atoms with Crippen molar-refractivity contribution in [3.8, 4) is 0 Å². The van der Waals surface area contributed by atoms with Crippen molar-refractivity contribution in [3.63, 3.8) is 0 Å². The lowest BCUT2D eigenvalue weighted by atomic mass is 9.90. The van der Waals surface area contributed by atoms with Crippen LogP contribution in [-0.2, 0) is 4.79 Å². The molecule has 3 aliphatic heterocycles. The Hall–Kier alpha value is -0.370. The number of carbonyl (C=O) groups is 1. The molecule has 12 heavy (non-hydrogen) atoms. The molecule has 3 heterocycles. The summed E-state index contributed by atoms with van der Waals surface area (Å²) in [5.41, 5.74) is 0. The number of hydrogen-bond donors (Lipinski definition) is 0. The van der Waals surface area contributed by atoms with Crippen molar-refractivity contribution in [2.24, 2.45) is 5.92 Å². The molecule has 0 radical (unpaired) electrons. The van der Waals surface area contributed by atoms with Crippen molar-refractivity contribution in [2.75, 3.05) is 6.54 Å². The smallest absolute Gasteiger partial charge is 0.136 e. The van der Waals surface area contributed by atoms with Crippen LogP contribution in [0.25, 0.3) is 0 Å². The summed E-state index contributed by atoms with van der Waals surface area (Å²) in [4.78, 5) is 13.9. The van der Waals surface area contributed by atoms with Gasteiger partial charge in [0.15, 0.2) is 0 Å². The Balaban J connectivity index is 1.92. The van der Waals surface area contributed by atoms with Crippen molar-refractivity contribution >= 4 is 5.78 Å². The quantitative estimate of drug-likeness (QED) is 0.537. The summed E-state index contributed by atoms with van der Waals surface area (Å²) in [6.07, 6.45) is 5.78. The van der Waals surface area contributed by atoms with Gasteiger partial charge in [0.2, 0.25) is 0 Å². The van der Waals surface area contributed by atoms with Gasteiger partial charge in [-0.1, -0.05) is 0 Å². The first kappa shape index (κ1) is 7.07. The summed E-state index contributed by atoms with van der Waals surface area (Å²) in [6.45, 7) is 1.26. The average molecular weight is 165 g/mol. The van der Waals surface area contributed by atoms with E-state index in [1.807, 2.05) is 0 Å². The van der Waals surface area contributed by atoms with Gasteiger partial charge in [0, 0.05) is 24.9 Å². The van der Waals surface area contributed by atoms with E-state index in [1.54, 1.807) is 0 Å². The van der Waals surface area contributed by atoms with Gasteiger partial charge in [0.1, 0.15) is 5.78 Å². The van der Waals surface area contributed by atoms with Gasteiger partial charge in [-0.3, -0.25) is 9.69 Å². The van der Waals surface area contributed by atoms with E-state index in [2.05, 4.69) is 4.90 Å². The van der Waals surface area contributed by atoms with Crippen LogP contribution >= 0.6 is 0 Å². The van der Waals surface area contributed by atoms with Crippen molar-refractivity contribution in [2.45, 2.75) is 44.2 Å². The fourth-order valence-corrected chi connectivity index (χ4v) is 3.44. The van der Waals surface area contributed by atoms with Crippen molar-refractivity contribution in [3.05, 3.63) is 0 Å². The van der Waals surface area contributed by atoms with E-state index in [9.17, 15) is 4.79 Å². The Kier molecular flexibility index (Phi) is 1.37. The topological polar surface area (TPSA) is 20.3 Å². The summed E-state index contributed by atoms with van der Waals surface area (Å²) < 4.78 is 0. The SMILES string of the molecule is O=C1C[C@H]2C[C@@H]3CCCN2[C@@H]3C1. The maximum Gasteiger partial charge on any atom is 0.136 e. The number of Topliss-reactive ketones (excluding diaryl/α,β-unsaturated/α-hetero) is 1. The van der Waals surface area contributed by atoms with E-state index in [1.165, 1.54) is 25.8 Å². The van der Waals surface area contributed by atoms with Gasteiger partial charge in [-0.25, -0.2) is 0 Å². The third-order valence-electron chi connectivity index (χ3n) is 3.91. The van der Waals surface area contributed by atoms with E-state index in [4.69, 9.17) is 0 Å². The van der Waals surface area contributed by atoms with Gasteiger partial charge in [0.05, 0.1) is 0 Å². The molecule has 4 bridgehead atoms. The second-order valence-corrected chi connectivity index (χ2v) is 4.54. The molecular weight excluding hydrogens is 150 g/mol. The van der Waals surface area contributed by atoms with Crippen LogP contribution in [0, 0.1) is 5.92 Å². The van der Waals surface area contributed by atoms with Gasteiger partial charge in [-0.05, 0) is 31.7 Å². The summed E-state index contributed by atoms with van der Waals surface area (Å²) in [5, 5.41) is 0. The summed E-state index contributed by atoms with van der Waals surface area (Å²) in [7, 11) is 0. The second kappa shape index (κ2) is 2.32. The molecule has 3 saturated heterocycles. The largest absolute Gasteiger partial charge is 0.300 e. The Bertz CT molecular complexity index is 226. The molecule has 3 rings (SSSR count). The number of piperidine rings is 2. The molecule has 66 valence electrons. The summed E-state index contributed by atoms with van der Waals surface area (Å²) in [5.74, 6) is 1.39. The lowest BCUT2D eigenvalue weighted by molar-refractivity contribution is -0.124. The fraction of sp³-hybridized carbons (Fsp3) is 0.900. The summed E-state index contributed by atoms with van der Waals surface area (Å²) in [6, 6.07) is 1.30. The lowest BCUT2D eigenvalue weighted by Gasteiger charge is -2.38. The molecule has 3 fully saturated rings. The van der Waals surface area contributed by atoms with Gasteiger partial charge in [0.25, 0.3) is 0 Å². The molecule has 3 aliphatic rings. The summed E-state index contributed by atoms with van der Waals surface area (Å²) >= 11 is 0. The highest BCUT2D eigenvalue weighted by atomic mass is 16.1. The van der Waals surface area contributed by atoms with E-state index in [0.717, 1.165) is 18.8 Å². The third-order valence-corrected chi connectivity index (χ3v) is 3.91. The number of rotatable bonds is 0. The van der Waals surface area contributed by atoms with E-state index in [0.29, 0.717) is 17.9 Å². The van der Waals surface area contributed by atoms with Crippen molar-refractivity contribution < 1.29 is 4.79 Å². The molecule has 2 heteroatoms. The highest BCUT2D eigenvalue weighted by molar-refractivity contribution is 5.81. The Labute approximate surface area is 72.9 Å². The fourth-order valence-electron chi connectivity index (χ4n) is 3.44. The maximum atomic E-state index is 11.3. The minimum absolute atomic E-state index is 0.519. The Morgan fingerprint density at radius 3 is 3.17 bits per heavy atom. The highest BCUT2D eigenvalue weighted by Crippen LogP contribution is 2.43. The van der Waals surface area contributed by atoms with Crippen LogP contribution in [-0.4, -0.2) is 29.3 Å². The lowest BCUT2D eigenvalue weighted by Crippen LogP contribution is -2.46. The molecule has 0 aliphatic carbocycles. The Morgan fingerprint density at radius 1 is 1.33 bits per heavy atom. The molecule has 0 aromatic rings. The van der Waals surface area contributed by atoms with E-state index >= 15 is 0 Å². The van der Waals surface area contributed by atoms with Crippen molar-refractivity contribution in [1.29, 1.82) is 0 Å². The molecule has 1 unspecified atom stereocenters. The predicted octanol–water partition coefficient (Wildman–Crippen LogP) is 1.20. The zero-order chi connectivity index (χ0) is 8.13. The molecule has 0 aromatic carbocycles. The maximum absolute atomic E-state index is 11.3. The standard InChI is InChI=1S/C10H15NO/c12-9-5-8-4-7-2-1-3-11(8)10(7)6-9/h7-8,10H,1-6H2/t7-,8+,10+/m0/s1. The zero-order valence-corrected chi connectivity index (χ0v) is 7.33. The first-order valence-corrected chi connectivity index (χ1v) is 5.12. The van der Waals surface area contributed by atoms with Gasteiger partial charge < -0.3 is 0 Å². The molecule has 2 nitrogen and oxygen atoms in total. The molecule has 0 spiro atoms. The molecule has 0 saturated carbocycles. The number of nitrogens with zero attached hydrogens (tertiary/aromatic N) is 1. The number of ketones is 1. The van der Waals surface area contributed by atoms with Gasteiger partial charge in [-0.2, -0.15) is 0 Å². The molecule has 4 atom stereocenters. The highest BCUT2D eigenvalue weighted by Gasteiger charge is 2.47. The second-order valence-electron chi connectivity index (χ2n) is 4.54. The van der Waals surface area contributed by atoms with E-state index in [-0.39, 0.29) is 0 Å². The number of hydrogen-bond acceptors (Lipinski definition) is 2.